The zero-order valence-electron chi connectivity index (χ0n) is 19.1. The first-order valence-corrected chi connectivity index (χ1v) is 13.2. The van der Waals surface area contributed by atoms with E-state index < -0.39 is 26.3 Å². The van der Waals surface area contributed by atoms with E-state index in [1.54, 1.807) is 6.08 Å². The summed E-state index contributed by atoms with van der Waals surface area (Å²) < 4.78 is 19.4. The Balaban J connectivity index is 1.87. The fraction of sp³-hybridized carbons (Fsp3) is 0.407. The van der Waals surface area contributed by atoms with Crippen LogP contribution in [0.15, 0.2) is 72.5 Å². The Kier molecular flexibility index (Phi) is 6.33. The van der Waals surface area contributed by atoms with Crippen molar-refractivity contribution in [2.75, 3.05) is 6.61 Å². The van der Waals surface area contributed by atoms with Gasteiger partial charge in [0.2, 0.25) is 5.79 Å². The predicted octanol–water partition coefficient (Wildman–Crippen LogP) is 3.74. The molecule has 168 valence electrons. The molecule has 0 aromatic heterocycles. The second kappa shape index (κ2) is 8.88. The van der Waals surface area contributed by atoms with E-state index in [4.69, 9.17) is 20.3 Å². The van der Waals surface area contributed by atoms with Crippen LogP contribution in [0.25, 0.3) is 0 Å². The van der Waals surface area contributed by atoms with Crippen molar-refractivity contribution in [2.45, 2.75) is 63.1 Å². The highest BCUT2D eigenvalue weighted by Gasteiger charge is 2.60. The summed E-state index contributed by atoms with van der Waals surface area (Å²) in [6.45, 7) is 7.17. The quantitative estimate of drug-likeness (QED) is 0.572. The van der Waals surface area contributed by atoms with Crippen LogP contribution < -0.4 is 10.4 Å². The van der Waals surface area contributed by atoms with Crippen LogP contribution in [-0.2, 0) is 13.9 Å². The van der Waals surface area contributed by atoms with E-state index in [1.165, 1.54) is 0 Å². The molecule has 2 aliphatic rings. The first-order valence-electron chi connectivity index (χ1n) is 11.3. The van der Waals surface area contributed by atoms with Crippen LogP contribution in [0, 0.1) is 12.3 Å². The number of aliphatic hydroxyl groups is 1. The molecule has 0 bridgehead atoms. The van der Waals surface area contributed by atoms with Gasteiger partial charge in [0.1, 0.15) is 11.9 Å². The van der Waals surface area contributed by atoms with Gasteiger partial charge in [-0.3, -0.25) is 0 Å². The van der Waals surface area contributed by atoms with Crippen LogP contribution in [0.1, 0.15) is 40.0 Å². The summed E-state index contributed by atoms with van der Waals surface area (Å²) in [6.07, 6.45) is 8.00. The highest BCUT2D eigenvalue weighted by molar-refractivity contribution is 6.99. The lowest BCUT2D eigenvalue weighted by atomic mass is 9.98. The van der Waals surface area contributed by atoms with E-state index in [1.807, 2.05) is 36.4 Å². The summed E-state index contributed by atoms with van der Waals surface area (Å²) in [4.78, 5) is 0. The molecule has 0 amide bonds. The molecule has 2 aromatic rings. The number of benzene rings is 2. The van der Waals surface area contributed by atoms with Crippen molar-refractivity contribution >= 4 is 18.7 Å². The number of aliphatic hydroxyl groups excluding tert-OH is 1. The van der Waals surface area contributed by atoms with Crippen LogP contribution in [-0.4, -0.2) is 38.0 Å². The summed E-state index contributed by atoms with van der Waals surface area (Å²) in [5.74, 6) is 1.94. The van der Waals surface area contributed by atoms with E-state index in [0.29, 0.717) is 18.8 Å². The maximum atomic E-state index is 11.5. The molecule has 2 saturated heterocycles. The van der Waals surface area contributed by atoms with Gasteiger partial charge in [0.25, 0.3) is 8.32 Å². The number of allylic oxidation sites excluding steroid dienone is 1. The van der Waals surface area contributed by atoms with Gasteiger partial charge in [0, 0.05) is 12.5 Å². The minimum Gasteiger partial charge on any atom is -0.460 e. The van der Waals surface area contributed by atoms with Crippen LogP contribution >= 0.6 is 0 Å². The maximum absolute atomic E-state index is 11.5. The molecule has 4 nitrogen and oxygen atoms in total. The average Bonchev–Trinajstić information content (AvgIpc) is 3.03. The van der Waals surface area contributed by atoms with Crippen LogP contribution in [0.2, 0.25) is 5.04 Å². The molecule has 2 heterocycles. The Morgan fingerprint density at radius 3 is 2.12 bits per heavy atom. The zero-order chi connectivity index (χ0) is 22.8. The molecule has 3 atom stereocenters. The lowest BCUT2D eigenvalue weighted by Crippen LogP contribution is -2.68. The Morgan fingerprint density at radius 1 is 1.06 bits per heavy atom. The van der Waals surface area contributed by atoms with Crippen molar-refractivity contribution in [1.82, 2.24) is 0 Å². The van der Waals surface area contributed by atoms with Gasteiger partial charge >= 0.3 is 0 Å². The van der Waals surface area contributed by atoms with Gasteiger partial charge in [-0.15, -0.1) is 6.42 Å². The molecule has 2 aliphatic heterocycles. The smallest absolute Gasteiger partial charge is 0.262 e. The van der Waals surface area contributed by atoms with Gasteiger partial charge in [-0.05, 0) is 28.3 Å². The SMILES string of the molecule is C#C/C=C1/O[C@@]2(CCCCO2)[C@@H](O)[C@@H]1O[Si](c1ccccc1)(c1ccccc1)C(C)(C)C. The third-order valence-corrected chi connectivity index (χ3v) is 11.5. The molecular formula is C27H32O4Si. The predicted molar refractivity (Wildman–Crippen MR) is 129 cm³/mol. The second-order valence-electron chi connectivity index (χ2n) is 9.58. The third kappa shape index (κ3) is 3.82. The molecule has 32 heavy (non-hydrogen) atoms. The molecule has 0 saturated carbocycles. The zero-order valence-corrected chi connectivity index (χ0v) is 20.1. The number of rotatable bonds is 4. The van der Waals surface area contributed by atoms with Gasteiger partial charge in [-0.2, -0.15) is 0 Å². The molecule has 1 N–H and O–H groups in total. The summed E-state index contributed by atoms with van der Waals surface area (Å²) in [5.41, 5.74) is 0. The molecule has 0 aliphatic carbocycles. The van der Waals surface area contributed by atoms with E-state index >= 15 is 0 Å². The van der Waals surface area contributed by atoms with E-state index in [9.17, 15) is 5.11 Å². The molecule has 5 heteroatoms. The molecule has 1 spiro atoms. The Bertz CT molecular complexity index is 942. The maximum Gasteiger partial charge on any atom is 0.262 e. The molecule has 2 aromatic carbocycles. The number of terminal acetylenes is 1. The Labute approximate surface area is 192 Å². The first kappa shape index (κ1) is 22.8. The summed E-state index contributed by atoms with van der Waals surface area (Å²) in [5, 5.41) is 13.6. The highest BCUT2D eigenvalue weighted by Crippen LogP contribution is 2.46. The average molecular weight is 449 g/mol. The molecular weight excluding hydrogens is 416 g/mol. The topological polar surface area (TPSA) is 47.9 Å². The van der Waals surface area contributed by atoms with Crippen molar-refractivity contribution in [1.29, 1.82) is 0 Å². The summed E-state index contributed by atoms with van der Waals surface area (Å²) >= 11 is 0. The lowest BCUT2D eigenvalue weighted by Gasteiger charge is -2.45. The van der Waals surface area contributed by atoms with Gasteiger partial charge in [0.05, 0.1) is 6.61 Å². The second-order valence-corrected chi connectivity index (χ2v) is 13.8. The number of ether oxygens (including phenoxy) is 2. The minimum absolute atomic E-state index is 0.236. The van der Waals surface area contributed by atoms with Gasteiger partial charge in [-0.25, -0.2) is 0 Å². The number of hydrogen-bond acceptors (Lipinski definition) is 4. The van der Waals surface area contributed by atoms with E-state index in [0.717, 1.165) is 23.2 Å². The van der Waals surface area contributed by atoms with Crippen molar-refractivity contribution in [3.63, 3.8) is 0 Å². The minimum atomic E-state index is -2.91. The van der Waals surface area contributed by atoms with Crippen LogP contribution in [0.4, 0.5) is 0 Å². The summed E-state index contributed by atoms with van der Waals surface area (Å²) in [7, 11) is -2.91. The Morgan fingerprint density at radius 2 is 1.66 bits per heavy atom. The van der Waals surface area contributed by atoms with Gasteiger partial charge < -0.3 is 19.0 Å². The molecule has 0 radical (unpaired) electrons. The van der Waals surface area contributed by atoms with Gasteiger partial charge in [-0.1, -0.05) is 87.4 Å². The standard InChI is InChI=1S/C27H32O4Si/c1-5-14-23-24(25(28)27(30-23)19-12-13-20-29-27)31-32(26(2,3)4,21-15-8-6-9-16-21)22-17-10-7-11-18-22/h1,6-11,14-18,24-25,28H,12-13,19-20H2,2-4H3/b23-14+/t24-,25+,27+/m1/s1. The number of hydrogen-bond donors (Lipinski definition) is 1. The van der Waals surface area contributed by atoms with E-state index in [2.05, 4.69) is 51.0 Å². The molecule has 2 fully saturated rings. The van der Waals surface area contributed by atoms with Crippen molar-refractivity contribution < 1.29 is 19.0 Å². The monoisotopic (exact) mass is 448 g/mol. The van der Waals surface area contributed by atoms with Crippen molar-refractivity contribution in [2.24, 2.45) is 0 Å². The van der Waals surface area contributed by atoms with Gasteiger partial charge in [0.15, 0.2) is 6.10 Å². The largest absolute Gasteiger partial charge is 0.460 e. The fourth-order valence-electron chi connectivity index (χ4n) is 5.01. The van der Waals surface area contributed by atoms with Crippen LogP contribution in [0.3, 0.4) is 0 Å². The first-order chi connectivity index (χ1) is 15.3. The van der Waals surface area contributed by atoms with Crippen molar-refractivity contribution in [3.8, 4) is 12.3 Å². The Hall–Kier alpha value is -2.36. The van der Waals surface area contributed by atoms with Crippen LogP contribution in [0.5, 0.6) is 0 Å². The lowest BCUT2D eigenvalue weighted by molar-refractivity contribution is -0.257. The van der Waals surface area contributed by atoms with Crippen molar-refractivity contribution in [3.05, 3.63) is 72.5 Å². The van der Waals surface area contributed by atoms with E-state index in [-0.39, 0.29) is 5.04 Å². The highest BCUT2D eigenvalue weighted by atomic mass is 28.4. The third-order valence-electron chi connectivity index (χ3n) is 6.52. The summed E-state index contributed by atoms with van der Waals surface area (Å²) in [6, 6.07) is 20.7. The molecule has 4 rings (SSSR count). The fourth-order valence-corrected chi connectivity index (χ4v) is 9.65. The normalized spacial score (nSPS) is 27.3. The molecule has 0 unspecified atom stereocenters.